The molecule has 216 valence electrons. The number of benzene rings is 1. The topological polar surface area (TPSA) is 75.6 Å². The summed E-state index contributed by atoms with van der Waals surface area (Å²) < 4.78 is 20.8. The number of hydrogen-bond acceptors (Lipinski definition) is 6. The van der Waals surface area contributed by atoms with Crippen LogP contribution in [0.15, 0.2) is 53.7 Å². The molecule has 2 amide bonds. The molecule has 2 aliphatic rings. The molecule has 1 aromatic carbocycles. The Kier molecular flexibility index (Phi) is 8.25. The van der Waals surface area contributed by atoms with Crippen LogP contribution in [0.4, 0.5) is 9.18 Å². The third-order valence-corrected chi connectivity index (χ3v) is 9.17. The van der Waals surface area contributed by atoms with Crippen molar-refractivity contribution in [2.45, 2.75) is 61.8 Å². The summed E-state index contributed by atoms with van der Waals surface area (Å²) in [6.45, 7) is 8.30. The minimum atomic E-state index is -1.60. The van der Waals surface area contributed by atoms with Crippen LogP contribution in [0, 0.1) is 12.7 Å². The molecule has 0 radical (unpaired) electrons. The molecule has 2 atom stereocenters. The summed E-state index contributed by atoms with van der Waals surface area (Å²) in [6, 6.07) is 11.0. The summed E-state index contributed by atoms with van der Waals surface area (Å²) in [5.41, 5.74) is 0.463. The van der Waals surface area contributed by atoms with Crippen molar-refractivity contribution >= 4 is 47.0 Å². The third kappa shape index (κ3) is 6.03. The van der Waals surface area contributed by atoms with E-state index in [1.54, 1.807) is 43.6 Å². The number of amides is 2. The van der Waals surface area contributed by atoms with Gasteiger partial charge in [-0.05, 0) is 75.6 Å². The van der Waals surface area contributed by atoms with Gasteiger partial charge in [0.05, 0.1) is 10.0 Å². The summed E-state index contributed by atoms with van der Waals surface area (Å²) in [6.07, 6.45) is 3.33. The molecule has 5 rings (SSSR count). The van der Waals surface area contributed by atoms with E-state index in [2.05, 4.69) is 9.97 Å². The van der Waals surface area contributed by atoms with Gasteiger partial charge in [-0.2, -0.15) is 0 Å². The summed E-state index contributed by atoms with van der Waals surface area (Å²) in [5, 5.41) is 0.808. The van der Waals surface area contributed by atoms with Crippen molar-refractivity contribution in [1.82, 2.24) is 19.8 Å². The number of thioether (sulfide) groups is 1. The first kappa shape index (κ1) is 29.6. The second-order valence-electron chi connectivity index (χ2n) is 11.3. The fourth-order valence-corrected chi connectivity index (χ4v) is 6.87. The lowest BCUT2D eigenvalue weighted by atomic mass is 9.79. The largest absolute Gasteiger partial charge is 0.444 e. The first-order valence-electron chi connectivity index (χ1n) is 13.4. The molecule has 2 unspecified atom stereocenters. The van der Waals surface area contributed by atoms with E-state index in [1.165, 1.54) is 11.1 Å². The Hall–Kier alpha value is -2.88. The van der Waals surface area contributed by atoms with E-state index >= 15 is 4.39 Å². The van der Waals surface area contributed by atoms with Gasteiger partial charge in [-0.15, -0.1) is 11.8 Å². The number of likely N-dealkylation sites (tertiary alicyclic amines) is 2. The van der Waals surface area contributed by atoms with E-state index < -0.39 is 23.1 Å². The molecular weight excluding hydrogens is 586 g/mol. The molecule has 4 heterocycles. The van der Waals surface area contributed by atoms with E-state index in [0.29, 0.717) is 18.1 Å². The molecule has 2 saturated heterocycles. The lowest BCUT2D eigenvalue weighted by Crippen LogP contribution is -2.68. The second kappa shape index (κ2) is 11.4. The van der Waals surface area contributed by atoms with Gasteiger partial charge in [0.1, 0.15) is 17.1 Å². The molecule has 7 nitrogen and oxygen atoms in total. The van der Waals surface area contributed by atoms with Crippen LogP contribution < -0.4 is 0 Å². The van der Waals surface area contributed by atoms with E-state index in [-0.39, 0.29) is 34.8 Å². The van der Waals surface area contributed by atoms with Gasteiger partial charge in [0, 0.05) is 54.3 Å². The van der Waals surface area contributed by atoms with Gasteiger partial charge in [0.25, 0.3) is 5.91 Å². The van der Waals surface area contributed by atoms with Gasteiger partial charge in [0.2, 0.25) is 0 Å². The summed E-state index contributed by atoms with van der Waals surface area (Å²) in [7, 11) is 0. The highest BCUT2D eigenvalue weighted by atomic mass is 35.5. The van der Waals surface area contributed by atoms with Gasteiger partial charge in [-0.25, -0.2) is 9.18 Å². The predicted molar refractivity (Wildman–Crippen MR) is 159 cm³/mol. The molecule has 2 aromatic heterocycles. The zero-order chi connectivity index (χ0) is 29.5. The number of carbonyl (C=O) groups excluding carboxylic acids is 2. The molecule has 0 spiro atoms. The van der Waals surface area contributed by atoms with Crippen LogP contribution >= 0.6 is 35.0 Å². The van der Waals surface area contributed by atoms with Gasteiger partial charge in [-0.3, -0.25) is 19.7 Å². The zero-order valence-corrected chi connectivity index (χ0v) is 25.6. The number of rotatable bonds is 5. The predicted octanol–water partition coefficient (Wildman–Crippen LogP) is 7.13. The van der Waals surface area contributed by atoms with Crippen LogP contribution in [0.1, 0.15) is 45.0 Å². The Morgan fingerprint density at radius 2 is 1.85 bits per heavy atom. The van der Waals surface area contributed by atoms with Crippen molar-refractivity contribution in [3.8, 4) is 11.1 Å². The number of hydrogen-bond donors (Lipinski definition) is 0. The van der Waals surface area contributed by atoms with Gasteiger partial charge >= 0.3 is 6.09 Å². The highest BCUT2D eigenvalue weighted by molar-refractivity contribution is 8.00. The molecular formula is C30H31Cl2FN4O3S. The minimum Gasteiger partial charge on any atom is -0.444 e. The van der Waals surface area contributed by atoms with E-state index in [0.717, 1.165) is 34.2 Å². The average Bonchev–Trinajstić information content (AvgIpc) is 3.33. The number of aromatic nitrogens is 2. The van der Waals surface area contributed by atoms with Gasteiger partial charge in [-0.1, -0.05) is 29.3 Å². The van der Waals surface area contributed by atoms with Crippen molar-refractivity contribution in [3.05, 3.63) is 76.0 Å². The van der Waals surface area contributed by atoms with Crippen LogP contribution in [-0.2, 0) is 15.1 Å². The third-order valence-electron chi connectivity index (χ3n) is 7.21. The second-order valence-corrected chi connectivity index (χ2v) is 13.5. The Balaban J connectivity index is 1.36. The standard InChI is InChI=1S/C30H31Cl2FN4O3S/c1-18-13-20(7-10-34-18)19-5-6-25(23(32)14-19)41-22-8-11-36(17-22)27(38)30(26-24(33)15-21(31)16-35-26)9-12-37(30)28(39)40-29(2,3)4/h5-7,10,13-16,22H,8-9,11-12,17H2,1-4H3. The molecule has 0 saturated carbocycles. The SMILES string of the molecule is Cc1cc(-c2ccc(SC3CCN(C(=O)C4(c5ncc(Cl)cc5F)CCN4C(=O)OC(C)(C)C)C3)c(Cl)c2)ccn1. The molecule has 3 aromatic rings. The van der Waals surface area contributed by atoms with E-state index in [1.807, 2.05) is 37.3 Å². The molecule has 0 aliphatic carbocycles. The van der Waals surface area contributed by atoms with Crippen LogP contribution in [0.25, 0.3) is 11.1 Å². The highest BCUT2D eigenvalue weighted by Crippen LogP contribution is 2.45. The summed E-state index contributed by atoms with van der Waals surface area (Å²) in [5.74, 6) is -1.11. The maximum absolute atomic E-state index is 15.3. The normalized spacial score (nSPS) is 20.6. The fourth-order valence-electron chi connectivity index (χ4n) is 5.25. The Morgan fingerprint density at radius 3 is 2.49 bits per heavy atom. The fraction of sp³-hybridized carbons (Fsp3) is 0.400. The van der Waals surface area contributed by atoms with Crippen molar-refractivity contribution in [2.24, 2.45) is 0 Å². The first-order chi connectivity index (χ1) is 19.4. The van der Waals surface area contributed by atoms with Crippen molar-refractivity contribution in [2.75, 3.05) is 19.6 Å². The average molecular weight is 618 g/mol. The minimum absolute atomic E-state index is 0.0700. The lowest BCUT2D eigenvalue weighted by molar-refractivity contribution is -0.154. The van der Waals surface area contributed by atoms with Crippen LogP contribution in [-0.4, -0.2) is 62.3 Å². The molecule has 11 heteroatoms. The molecule has 41 heavy (non-hydrogen) atoms. The monoisotopic (exact) mass is 616 g/mol. The van der Waals surface area contributed by atoms with Crippen LogP contribution in [0.2, 0.25) is 10.0 Å². The van der Waals surface area contributed by atoms with Crippen LogP contribution in [0.5, 0.6) is 0 Å². The summed E-state index contributed by atoms with van der Waals surface area (Å²) >= 11 is 14.3. The number of aryl methyl sites for hydroxylation is 1. The number of pyridine rings is 2. The number of carbonyl (C=O) groups is 2. The Morgan fingerprint density at radius 1 is 1.10 bits per heavy atom. The van der Waals surface area contributed by atoms with Crippen molar-refractivity contribution < 1.29 is 18.7 Å². The van der Waals surface area contributed by atoms with Crippen molar-refractivity contribution in [3.63, 3.8) is 0 Å². The van der Waals surface area contributed by atoms with Gasteiger partial charge in [0.15, 0.2) is 5.54 Å². The highest BCUT2D eigenvalue weighted by Gasteiger charge is 2.60. The zero-order valence-electron chi connectivity index (χ0n) is 23.3. The number of ether oxygens (including phenoxy) is 1. The van der Waals surface area contributed by atoms with Gasteiger partial charge < -0.3 is 9.64 Å². The lowest BCUT2D eigenvalue weighted by Gasteiger charge is -2.51. The van der Waals surface area contributed by atoms with Crippen molar-refractivity contribution in [1.29, 1.82) is 0 Å². The number of nitrogens with zero attached hydrogens (tertiary/aromatic N) is 4. The van der Waals surface area contributed by atoms with E-state index in [4.69, 9.17) is 27.9 Å². The Labute approximate surface area is 253 Å². The smallest absolute Gasteiger partial charge is 0.411 e. The summed E-state index contributed by atoms with van der Waals surface area (Å²) in [4.78, 5) is 39.7. The number of halogens is 3. The quantitative estimate of drug-likeness (QED) is 0.303. The van der Waals surface area contributed by atoms with E-state index in [9.17, 15) is 9.59 Å². The maximum Gasteiger partial charge on any atom is 0.411 e. The molecule has 2 aliphatic heterocycles. The molecule has 0 bridgehead atoms. The maximum atomic E-state index is 15.3. The van der Waals surface area contributed by atoms with Crippen LogP contribution in [0.3, 0.4) is 0 Å². The molecule has 2 fully saturated rings. The molecule has 0 N–H and O–H groups in total. The first-order valence-corrected chi connectivity index (χ1v) is 15.0. The Bertz CT molecular complexity index is 1500.